The predicted octanol–water partition coefficient (Wildman–Crippen LogP) is 4.89. The maximum atomic E-state index is 12.6. The van der Waals surface area contributed by atoms with Crippen LogP contribution in [0, 0.1) is 5.92 Å². The van der Waals surface area contributed by atoms with Gasteiger partial charge in [-0.2, -0.15) is 0 Å². The van der Waals surface area contributed by atoms with Gasteiger partial charge in [-0.25, -0.2) is 0 Å². The Morgan fingerprint density at radius 2 is 1.91 bits per heavy atom. The first-order valence-electron chi connectivity index (χ1n) is 10.4. The number of hydrogen-bond donors (Lipinski definition) is 1. The van der Waals surface area contributed by atoms with Crippen LogP contribution < -0.4 is 10.1 Å². The number of rotatable bonds is 6. The second-order valence-electron chi connectivity index (χ2n) is 7.75. The van der Waals surface area contributed by atoms with Gasteiger partial charge in [0, 0.05) is 29.4 Å². The summed E-state index contributed by atoms with van der Waals surface area (Å²) in [5.74, 6) is 1.00. The smallest absolute Gasteiger partial charge is 0.286 e. The molecular weight excluding hydrogens is 448 g/mol. The molecule has 0 spiro atoms. The summed E-state index contributed by atoms with van der Waals surface area (Å²) in [5, 5.41) is 12.0. The number of carbonyl (C=O) groups excluding carboxylic acids is 2. The standard InChI is InChI=1S/C23H23ClN4O3S/c1-15-9-11-28(12-10-15)23(30)16-5-7-19(8-6-16)31-14-20-26-27-22(32-20)21(29)25-18-4-2-3-17(24)13-18/h2-8,13,15H,9-12,14H2,1H3,(H,25,29). The molecule has 1 saturated heterocycles. The third-order valence-corrected chi connectivity index (χ3v) is 6.41. The summed E-state index contributed by atoms with van der Waals surface area (Å²) in [6.07, 6.45) is 2.10. The number of amides is 2. The first-order chi connectivity index (χ1) is 15.5. The fourth-order valence-electron chi connectivity index (χ4n) is 3.39. The molecule has 2 aromatic carbocycles. The number of nitrogens with one attached hydrogen (secondary N) is 1. The molecule has 1 N–H and O–H groups in total. The lowest BCUT2D eigenvalue weighted by atomic mass is 9.98. The van der Waals surface area contributed by atoms with Gasteiger partial charge in [0.1, 0.15) is 12.4 Å². The van der Waals surface area contributed by atoms with Crippen LogP contribution in [0.4, 0.5) is 5.69 Å². The fraction of sp³-hybridized carbons (Fsp3) is 0.304. The normalized spacial score (nSPS) is 14.2. The summed E-state index contributed by atoms with van der Waals surface area (Å²) in [6, 6.07) is 14.0. The minimum absolute atomic E-state index is 0.0583. The lowest BCUT2D eigenvalue weighted by molar-refractivity contribution is 0.0697. The molecule has 1 fully saturated rings. The van der Waals surface area contributed by atoms with Crippen LogP contribution in [0.2, 0.25) is 5.02 Å². The maximum absolute atomic E-state index is 12.6. The second kappa shape index (κ2) is 10.1. The van der Waals surface area contributed by atoms with Gasteiger partial charge in [0.25, 0.3) is 11.8 Å². The summed E-state index contributed by atoms with van der Waals surface area (Å²) < 4.78 is 5.75. The van der Waals surface area contributed by atoms with E-state index in [2.05, 4.69) is 22.4 Å². The van der Waals surface area contributed by atoms with Crippen LogP contribution in [0.1, 0.15) is 44.9 Å². The second-order valence-corrected chi connectivity index (χ2v) is 9.25. The van der Waals surface area contributed by atoms with Crippen molar-refractivity contribution in [2.24, 2.45) is 5.92 Å². The molecule has 3 aromatic rings. The van der Waals surface area contributed by atoms with E-state index in [0.29, 0.717) is 32.9 Å². The molecule has 0 atom stereocenters. The molecule has 2 amide bonds. The van der Waals surface area contributed by atoms with Gasteiger partial charge in [-0.15, -0.1) is 10.2 Å². The Labute approximate surface area is 195 Å². The number of anilines is 1. The molecule has 9 heteroatoms. The van der Waals surface area contributed by atoms with Gasteiger partial charge in [-0.1, -0.05) is 35.9 Å². The van der Waals surface area contributed by atoms with E-state index in [-0.39, 0.29) is 23.4 Å². The van der Waals surface area contributed by atoms with Gasteiger partial charge >= 0.3 is 0 Å². The van der Waals surface area contributed by atoms with Crippen molar-refractivity contribution in [2.45, 2.75) is 26.4 Å². The Morgan fingerprint density at radius 1 is 1.16 bits per heavy atom. The van der Waals surface area contributed by atoms with Crippen LogP contribution in [0.15, 0.2) is 48.5 Å². The number of piperidine rings is 1. The molecule has 0 bridgehead atoms. The molecule has 4 rings (SSSR count). The summed E-state index contributed by atoms with van der Waals surface area (Å²) in [5.41, 5.74) is 1.24. The van der Waals surface area contributed by atoms with Gasteiger partial charge < -0.3 is 15.0 Å². The van der Waals surface area contributed by atoms with E-state index in [1.165, 1.54) is 0 Å². The number of ether oxygens (including phenoxy) is 1. The van der Waals surface area contributed by atoms with Crippen molar-refractivity contribution in [3.05, 3.63) is 69.1 Å². The van der Waals surface area contributed by atoms with E-state index < -0.39 is 0 Å². The summed E-state index contributed by atoms with van der Waals surface area (Å²) in [4.78, 5) is 26.9. The molecule has 32 heavy (non-hydrogen) atoms. The summed E-state index contributed by atoms with van der Waals surface area (Å²) >= 11 is 7.09. The first kappa shape index (κ1) is 22.2. The SMILES string of the molecule is CC1CCN(C(=O)c2ccc(OCc3nnc(C(=O)Nc4cccc(Cl)c4)s3)cc2)CC1. The van der Waals surface area contributed by atoms with Gasteiger partial charge in [0.05, 0.1) is 0 Å². The topological polar surface area (TPSA) is 84.4 Å². The molecule has 0 unspecified atom stereocenters. The number of hydrogen-bond acceptors (Lipinski definition) is 6. The predicted molar refractivity (Wildman–Crippen MR) is 124 cm³/mol. The summed E-state index contributed by atoms with van der Waals surface area (Å²) in [6.45, 7) is 4.02. The lowest BCUT2D eigenvalue weighted by Crippen LogP contribution is -2.37. The number of benzene rings is 2. The number of likely N-dealkylation sites (tertiary alicyclic amines) is 1. The zero-order chi connectivity index (χ0) is 22.5. The fourth-order valence-corrected chi connectivity index (χ4v) is 4.23. The van der Waals surface area contributed by atoms with E-state index >= 15 is 0 Å². The van der Waals surface area contributed by atoms with Crippen LogP contribution >= 0.6 is 22.9 Å². The van der Waals surface area contributed by atoms with Crippen LogP contribution in [-0.2, 0) is 6.61 Å². The zero-order valence-corrected chi connectivity index (χ0v) is 19.2. The van der Waals surface area contributed by atoms with E-state index in [4.69, 9.17) is 16.3 Å². The molecule has 1 aliphatic heterocycles. The Balaban J connectivity index is 1.30. The molecule has 0 saturated carbocycles. The Morgan fingerprint density at radius 3 is 2.62 bits per heavy atom. The molecule has 166 valence electrons. The number of nitrogens with zero attached hydrogens (tertiary/aromatic N) is 3. The van der Waals surface area contributed by atoms with Crippen molar-refractivity contribution < 1.29 is 14.3 Å². The number of carbonyl (C=O) groups is 2. The van der Waals surface area contributed by atoms with Crippen LogP contribution in [0.3, 0.4) is 0 Å². The van der Waals surface area contributed by atoms with E-state index in [0.717, 1.165) is 37.3 Å². The molecule has 1 aromatic heterocycles. The van der Waals surface area contributed by atoms with Crippen molar-refractivity contribution >= 4 is 40.4 Å². The Hall–Kier alpha value is -2.97. The highest BCUT2D eigenvalue weighted by Gasteiger charge is 2.21. The van der Waals surface area contributed by atoms with Gasteiger partial charge in [-0.3, -0.25) is 9.59 Å². The quantitative estimate of drug-likeness (QED) is 0.554. The lowest BCUT2D eigenvalue weighted by Gasteiger charge is -2.30. The van der Waals surface area contributed by atoms with Crippen LogP contribution in [0.5, 0.6) is 5.75 Å². The number of aromatic nitrogens is 2. The van der Waals surface area contributed by atoms with Gasteiger partial charge in [-0.05, 0) is 61.2 Å². The molecule has 0 aliphatic carbocycles. The van der Waals surface area contributed by atoms with E-state index in [1.807, 2.05) is 4.90 Å². The average Bonchev–Trinajstić information content (AvgIpc) is 3.27. The molecule has 7 nitrogen and oxygen atoms in total. The van der Waals surface area contributed by atoms with Crippen molar-refractivity contribution in [1.29, 1.82) is 0 Å². The third kappa shape index (κ3) is 5.63. The van der Waals surface area contributed by atoms with Crippen molar-refractivity contribution in [1.82, 2.24) is 15.1 Å². The highest BCUT2D eigenvalue weighted by molar-refractivity contribution is 7.13. The monoisotopic (exact) mass is 470 g/mol. The highest BCUT2D eigenvalue weighted by atomic mass is 35.5. The minimum atomic E-state index is -0.356. The Bertz CT molecular complexity index is 1090. The molecular formula is C23H23ClN4O3S. The largest absolute Gasteiger partial charge is 0.486 e. The van der Waals surface area contributed by atoms with Crippen LogP contribution in [-0.4, -0.2) is 40.0 Å². The van der Waals surface area contributed by atoms with Crippen LogP contribution in [0.25, 0.3) is 0 Å². The van der Waals surface area contributed by atoms with Gasteiger partial charge in [0.15, 0.2) is 5.01 Å². The summed E-state index contributed by atoms with van der Waals surface area (Å²) in [7, 11) is 0. The minimum Gasteiger partial charge on any atom is -0.486 e. The average molecular weight is 471 g/mol. The van der Waals surface area contributed by atoms with Crippen molar-refractivity contribution in [2.75, 3.05) is 18.4 Å². The highest BCUT2D eigenvalue weighted by Crippen LogP contribution is 2.21. The van der Waals surface area contributed by atoms with E-state index in [9.17, 15) is 9.59 Å². The van der Waals surface area contributed by atoms with E-state index in [1.54, 1.807) is 48.5 Å². The molecule has 0 radical (unpaired) electrons. The maximum Gasteiger partial charge on any atom is 0.286 e. The first-order valence-corrected chi connectivity index (χ1v) is 11.6. The number of halogens is 1. The van der Waals surface area contributed by atoms with Crippen molar-refractivity contribution in [3.63, 3.8) is 0 Å². The zero-order valence-electron chi connectivity index (χ0n) is 17.6. The third-order valence-electron chi connectivity index (χ3n) is 5.28. The molecule has 2 heterocycles. The Kier molecular flexibility index (Phi) is 7.02. The van der Waals surface area contributed by atoms with Gasteiger partial charge in [0.2, 0.25) is 5.01 Å². The van der Waals surface area contributed by atoms with Crippen molar-refractivity contribution in [3.8, 4) is 5.75 Å². The molecule has 1 aliphatic rings.